The Kier molecular flexibility index (Phi) is 4.65. The normalized spacial score (nSPS) is 11.5. The van der Waals surface area contributed by atoms with Gasteiger partial charge in [-0.05, 0) is 45.4 Å². The first kappa shape index (κ1) is 17.0. The summed E-state index contributed by atoms with van der Waals surface area (Å²) in [5.41, 5.74) is 2.52. The number of sulfonamides is 1. The molecule has 0 spiro atoms. The van der Waals surface area contributed by atoms with Crippen LogP contribution in [0.4, 0.5) is 5.82 Å². The molecule has 0 saturated heterocycles. The summed E-state index contributed by atoms with van der Waals surface area (Å²) in [6, 6.07) is 2.84. The second-order valence-corrected chi connectivity index (χ2v) is 7.43. The molecule has 0 unspecified atom stereocenters. The third kappa shape index (κ3) is 3.34. The Morgan fingerprint density at radius 2 is 1.50 bits per heavy atom. The molecule has 2 aromatic rings. The predicted molar refractivity (Wildman–Crippen MR) is 88.3 cm³/mol. The molecule has 0 bridgehead atoms. The zero-order valence-corrected chi connectivity index (χ0v) is 14.9. The van der Waals surface area contributed by atoms with Crippen LogP contribution in [-0.2, 0) is 10.0 Å². The minimum Gasteiger partial charge on any atom is -0.262 e. The van der Waals surface area contributed by atoms with Crippen LogP contribution in [0.25, 0.3) is 0 Å². The van der Waals surface area contributed by atoms with Crippen LogP contribution in [0.15, 0.2) is 17.0 Å². The Hall–Kier alpha value is -1.37. The van der Waals surface area contributed by atoms with E-state index in [1.165, 1.54) is 12.1 Å². The molecular formula is C14H15Cl2N3O2S. The highest BCUT2D eigenvalue weighted by molar-refractivity contribution is 7.92. The number of hydrogen-bond acceptors (Lipinski definition) is 4. The molecule has 0 fully saturated rings. The summed E-state index contributed by atoms with van der Waals surface area (Å²) in [6.45, 7) is 6.97. The van der Waals surface area contributed by atoms with E-state index in [2.05, 4.69) is 14.7 Å². The lowest BCUT2D eigenvalue weighted by molar-refractivity contribution is 0.601. The highest BCUT2D eigenvalue weighted by Crippen LogP contribution is 2.29. The molecule has 1 heterocycles. The summed E-state index contributed by atoms with van der Waals surface area (Å²) >= 11 is 11.9. The van der Waals surface area contributed by atoms with E-state index in [1.807, 2.05) is 6.92 Å². The number of benzene rings is 1. The van der Waals surface area contributed by atoms with Gasteiger partial charge in [-0.1, -0.05) is 23.2 Å². The summed E-state index contributed by atoms with van der Waals surface area (Å²) in [5, 5.41) is 0.462. The van der Waals surface area contributed by atoms with Crippen LogP contribution in [-0.4, -0.2) is 18.4 Å². The fourth-order valence-corrected chi connectivity index (χ4v) is 3.72. The second kappa shape index (κ2) is 6.02. The van der Waals surface area contributed by atoms with Crippen LogP contribution < -0.4 is 4.72 Å². The standard InChI is InChI=1S/C14H15Cl2N3O2S/c1-7-5-13(12(16)6-11(7)15)22(20,21)19-14-10(4)17-8(2)9(3)18-14/h5-6H,1-4H3,(H,18,19). The van der Waals surface area contributed by atoms with E-state index >= 15 is 0 Å². The van der Waals surface area contributed by atoms with Crippen LogP contribution in [0, 0.1) is 27.7 Å². The maximum Gasteiger partial charge on any atom is 0.264 e. The van der Waals surface area contributed by atoms with Crippen molar-refractivity contribution < 1.29 is 8.42 Å². The Bertz CT molecular complexity index is 852. The van der Waals surface area contributed by atoms with Gasteiger partial charge >= 0.3 is 0 Å². The van der Waals surface area contributed by atoms with E-state index in [0.717, 1.165) is 5.69 Å². The number of rotatable bonds is 3. The van der Waals surface area contributed by atoms with E-state index in [9.17, 15) is 8.42 Å². The summed E-state index contributed by atoms with van der Waals surface area (Å²) in [6.07, 6.45) is 0. The van der Waals surface area contributed by atoms with Gasteiger partial charge in [0, 0.05) is 5.02 Å². The maximum atomic E-state index is 12.5. The van der Waals surface area contributed by atoms with Gasteiger partial charge in [0.15, 0.2) is 5.82 Å². The molecule has 0 radical (unpaired) electrons. The number of aryl methyl sites for hydroxylation is 4. The fraction of sp³-hybridized carbons (Fsp3) is 0.286. The average Bonchev–Trinajstić information content (AvgIpc) is 2.39. The van der Waals surface area contributed by atoms with Gasteiger partial charge in [-0.2, -0.15) is 0 Å². The van der Waals surface area contributed by atoms with Gasteiger partial charge in [0.05, 0.1) is 22.1 Å². The monoisotopic (exact) mass is 359 g/mol. The Morgan fingerprint density at radius 1 is 0.909 bits per heavy atom. The molecule has 0 atom stereocenters. The van der Waals surface area contributed by atoms with E-state index in [4.69, 9.17) is 23.2 Å². The molecule has 0 aliphatic carbocycles. The van der Waals surface area contributed by atoms with Crippen molar-refractivity contribution in [3.8, 4) is 0 Å². The SMILES string of the molecule is Cc1cc(S(=O)(=O)Nc2nc(C)c(C)nc2C)c(Cl)cc1Cl. The summed E-state index contributed by atoms with van der Waals surface area (Å²) in [4.78, 5) is 8.45. The number of nitrogens with one attached hydrogen (secondary N) is 1. The van der Waals surface area contributed by atoms with E-state index < -0.39 is 10.0 Å². The first-order chi connectivity index (χ1) is 10.1. The largest absolute Gasteiger partial charge is 0.264 e. The molecule has 0 aliphatic rings. The molecule has 118 valence electrons. The summed E-state index contributed by atoms with van der Waals surface area (Å²) in [5.74, 6) is 0.187. The molecule has 0 saturated carbocycles. The lowest BCUT2D eigenvalue weighted by atomic mass is 10.2. The van der Waals surface area contributed by atoms with Crippen molar-refractivity contribution in [3.05, 3.63) is 44.8 Å². The van der Waals surface area contributed by atoms with Gasteiger partial charge in [0.25, 0.3) is 10.0 Å². The molecular weight excluding hydrogens is 345 g/mol. The van der Waals surface area contributed by atoms with E-state index in [0.29, 0.717) is 22.0 Å². The van der Waals surface area contributed by atoms with Crippen LogP contribution in [0.5, 0.6) is 0 Å². The predicted octanol–water partition coefficient (Wildman–Crippen LogP) is 3.82. The molecule has 8 heteroatoms. The van der Waals surface area contributed by atoms with Gasteiger partial charge in [0.2, 0.25) is 0 Å². The molecule has 1 aromatic heterocycles. The molecule has 1 aromatic carbocycles. The fourth-order valence-electron chi connectivity index (χ4n) is 1.83. The smallest absolute Gasteiger partial charge is 0.262 e. The Morgan fingerprint density at radius 3 is 2.14 bits per heavy atom. The lowest BCUT2D eigenvalue weighted by Crippen LogP contribution is -2.17. The van der Waals surface area contributed by atoms with Crippen LogP contribution in [0.2, 0.25) is 10.0 Å². The number of nitrogens with zero attached hydrogens (tertiary/aromatic N) is 2. The molecule has 2 rings (SSSR count). The Balaban J connectivity index is 2.49. The number of aromatic nitrogens is 2. The van der Waals surface area contributed by atoms with Crippen molar-refractivity contribution in [1.29, 1.82) is 0 Å². The van der Waals surface area contributed by atoms with Crippen LogP contribution >= 0.6 is 23.2 Å². The van der Waals surface area contributed by atoms with E-state index in [-0.39, 0.29) is 15.7 Å². The summed E-state index contributed by atoms with van der Waals surface area (Å²) < 4.78 is 27.5. The number of hydrogen-bond donors (Lipinski definition) is 1. The highest BCUT2D eigenvalue weighted by Gasteiger charge is 2.21. The molecule has 22 heavy (non-hydrogen) atoms. The minimum absolute atomic E-state index is 0.0458. The van der Waals surface area contributed by atoms with Crippen molar-refractivity contribution in [2.45, 2.75) is 32.6 Å². The first-order valence-corrected chi connectivity index (χ1v) is 8.66. The second-order valence-electron chi connectivity index (χ2n) is 4.97. The van der Waals surface area contributed by atoms with Gasteiger partial charge in [-0.3, -0.25) is 9.71 Å². The quantitative estimate of drug-likeness (QED) is 0.903. The summed E-state index contributed by atoms with van der Waals surface area (Å²) in [7, 11) is -3.88. The molecule has 0 amide bonds. The van der Waals surface area contributed by atoms with Crippen LogP contribution in [0.3, 0.4) is 0 Å². The van der Waals surface area contributed by atoms with Crippen molar-refractivity contribution in [1.82, 2.24) is 9.97 Å². The molecule has 0 aliphatic heterocycles. The first-order valence-electron chi connectivity index (χ1n) is 6.42. The third-order valence-corrected chi connectivity index (χ3v) is 5.43. The number of anilines is 1. The Labute approximate surface area is 139 Å². The van der Waals surface area contributed by atoms with Crippen molar-refractivity contribution >= 4 is 39.0 Å². The maximum absolute atomic E-state index is 12.5. The van der Waals surface area contributed by atoms with Crippen molar-refractivity contribution in [2.75, 3.05) is 4.72 Å². The molecule has 1 N–H and O–H groups in total. The van der Waals surface area contributed by atoms with Gasteiger partial charge < -0.3 is 0 Å². The van der Waals surface area contributed by atoms with Crippen molar-refractivity contribution in [2.24, 2.45) is 0 Å². The zero-order chi connectivity index (χ0) is 16.7. The number of halogens is 2. The van der Waals surface area contributed by atoms with E-state index in [1.54, 1.807) is 20.8 Å². The lowest BCUT2D eigenvalue weighted by Gasteiger charge is -2.13. The van der Waals surface area contributed by atoms with Crippen molar-refractivity contribution in [3.63, 3.8) is 0 Å². The topological polar surface area (TPSA) is 72.0 Å². The zero-order valence-electron chi connectivity index (χ0n) is 12.5. The van der Waals surface area contributed by atoms with Gasteiger partial charge in [0.1, 0.15) is 4.90 Å². The third-order valence-electron chi connectivity index (χ3n) is 3.21. The minimum atomic E-state index is -3.88. The average molecular weight is 360 g/mol. The van der Waals surface area contributed by atoms with Crippen LogP contribution in [0.1, 0.15) is 22.6 Å². The highest BCUT2D eigenvalue weighted by atomic mass is 35.5. The van der Waals surface area contributed by atoms with Gasteiger partial charge in [-0.15, -0.1) is 0 Å². The van der Waals surface area contributed by atoms with Gasteiger partial charge in [-0.25, -0.2) is 13.4 Å². The molecule has 5 nitrogen and oxygen atoms in total.